The summed E-state index contributed by atoms with van der Waals surface area (Å²) < 4.78 is 5.70. The van der Waals surface area contributed by atoms with E-state index in [9.17, 15) is 0 Å². The van der Waals surface area contributed by atoms with Crippen molar-refractivity contribution in [1.82, 2.24) is 10.2 Å². The highest BCUT2D eigenvalue weighted by Gasteiger charge is 2.38. The third-order valence-electron chi connectivity index (χ3n) is 5.16. The van der Waals surface area contributed by atoms with Crippen LogP contribution in [0.3, 0.4) is 0 Å². The van der Waals surface area contributed by atoms with Crippen LogP contribution in [0.2, 0.25) is 0 Å². The Kier molecular flexibility index (Phi) is 3.92. The van der Waals surface area contributed by atoms with E-state index >= 15 is 0 Å². The second kappa shape index (κ2) is 5.48. The van der Waals surface area contributed by atoms with Crippen LogP contribution in [0, 0.1) is 0 Å². The molecule has 1 saturated carbocycles. The number of ether oxygens (including phenoxy) is 1. The highest BCUT2D eigenvalue weighted by molar-refractivity contribution is 4.98. The zero-order valence-electron chi connectivity index (χ0n) is 11.8. The monoisotopic (exact) mass is 252 g/mol. The number of hydrogen-bond donors (Lipinski definition) is 1. The van der Waals surface area contributed by atoms with Crippen LogP contribution < -0.4 is 5.32 Å². The molecule has 2 saturated heterocycles. The SMILES string of the molecule is CC1CC(N2CCCNC3(CCCC3)C2)CCO1. The molecule has 2 atom stereocenters. The topological polar surface area (TPSA) is 24.5 Å². The molecule has 1 spiro atoms. The molecule has 0 radical (unpaired) electrons. The van der Waals surface area contributed by atoms with Crippen molar-refractivity contribution in [2.75, 3.05) is 26.2 Å². The van der Waals surface area contributed by atoms with Crippen molar-refractivity contribution in [2.24, 2.45) is 0 Å². The van der Waals surface area contributed by atoms with Crippen molar-refractivity contribution in [2.45, 2.75) is 69.6 Å². The minimum Gasteiger partial charge on any atom is -0.378 e. The van der Waals surface area contributed by atoms with E-state index < -0.39 is 0 Å². The summed E-state index contributed by atoms with van der Waals surface area (Å²) in [5.41, 5.74) is 0.456. The number of nitrogens with zero attached hydrogens (tertiary/aromatic N) is 1. The van der Waals surface area contributed by atoms with E-state index in [0.717, 1.165) is 12.6 Å². The molecular weight excluding hydrogens is 224 g/mol. The zero-order chi connectivity index (χ0) is 12.4. The molecule has 3 heteroatoms. The summed E-state index contributed by atoms with van der Waals surface area (Å²) in [6.07, 6.45) is 9.87. The molecule has 0 aromatic rings. The second-order valence-corrected chi connectivity index (χ2v) is 6.60. The molecule has 0 aromatic heterocycles. The van der Waals surface area contributed by atoms with Gasteiger partial charge in [0.05, 0.1) is 6.10 Å². The maximum Gasteiger partial charge on any atom is 0.0561 e. The van der Waals surface area contributed by atoms with Crippen molar-refractivity contribution in [1.29, 1.82) is 0 Å². The van der Waals surface area contributed by atoms with Gasteiger partial charge in [-0.25, -0.2) is 0 Å². The van der Waals surface area contributed by atoms with E-state index in [-0.39, 0.29) is 0 Å². The number of hydrogen-bond acceptors (Lipinski definition) is 3. The average Bonchev–Trinajstić information content (AvgIpc) is 2.70. The molecule has 0 aromatic carbocycles. The Morgan fingerprint density at radius 3 is 2.83 bits per heavy atom. The van der Waals surface area contributed by atoms with E-state index in [4.69, 9.17) is 4.74 Å². The first-order valence-corrected chi connectivity index (χ1v) is 7.88. The fourth-order valence-electron chi connectivity index (χ4n) is 4.16. The van der Waals surface area contributed by atoms with Gasteiger partial charge in [0.2, 0.25) is 0 Å². The van der Waals surface area contributed by atoms with Crippen LogP contribution in [-0.4, -0.2) is 48.8 Å². The van der Waals surface area contributed by atoms with Gasteiger partial charge in [0.15, 0.2) is 0 Å². The summed E-state index contributed by atoms with van der Waals surface area (Å²) in [5.74, 6) is 0. The van der Waals surface area contributed by atoms with Crippen molar-refractivity contribution in [3.05, 3.63) is 0 Å². The van der Waals surface area contributed by atoms with Crippen LogP contribution in [0.15, 0.2) is 0 Å². The molecule has 2 heterocycles. The van der Waals surface area contributed by atoms with Gasteiger partial charge in [0.1, 0.15) is 0 Å². The average molecular weight is 252 g/mol. The lowest BCUT2D eigenvalue weighted by molar-refractivity contribution is -0.0208. The largest absolute Gasteiger partial charge is 0.378 e. The van der Waals surface area contributed by atoms with Gasteiger partial charge in [-0.15, -0.1) is 0 Å². The first-order chi connectivity index (χ1) is 8.77. The first kappa shape index (κ1) is 12.9. The Labute approximate surface area is 111 Å². The minimum absolute atomic E-state index is 0.456. The maximum absolute atomic E-state index is 5.70. The fraction of sp³-hybridized carbons (Fsp3) is 1.00. The van der Waals surface area contributed by atoms with E-state index in [1.807, 2.05) is 0 Å². The summed E-state index contributed by atoms with van der Waals surface area (Å²) in [6.45, 7) is 6.97. The minimum atomic E-state index is 0.456. The van der Waals surface area contributed by atoms with E-state index in [0.29, 0.717) is 11.6 Å². The van der Waals surface area contributed by atoms with E-state index in [2.05, 4.69) is 17.1 Å². The summed E-state index contributed by atoms with van der Waals surface area (Å²) in [7, 11) is 0. The Bertz CT molecular complexity index is 276. The third-order valence-corrected chi connectivity index (χ3v) is 5.16. The molecule has 0 bridgehead atoms. The molecular formula is C15H28N2O. The second-order valence-electron chi connectivity index (χ2n) is 6.60. The van der Waals surface area contributed by atoms with E-state index in [1.54, 1.807) is 0 Å². The molecule has 2 aliphatic heterocycles. The van der Waals surface area contributed by atoms with Gasteiger partial charge in [-0.3, -0.25) is 4.90 Å². The summed E-state index contributed by atoms with van der Waals surface area (Å²) in [4.78, 5) is 2.78. The lowest BCUT2D eigenvalue weighted by Gasteiger charge is -2.40. The standard InChI is InChI=1S/C15H28N2O/c1-13-11-14(5-10-18-13)17-9-4-8-16-15(12-17)6-2-3-7-15/h13-14,16H,2-12H2,1H3. The molecule has 1 N–H and O–H groups in total. The predicted octanol–water partition coefficient (Wildman–Crippen LogP) is 2.16. The molecule has 104 valence electrons. The highest BCUT2D eigenvalue weighted by atomic mass is 16.5. The molecule has 0 amide bonds. The van der Waals surface area contributed by atoms with Gasteiger partial charge in [-0.1, -0.05) is 12.8 Å². The Hall–Kier alpha value is -0.120. The fourth-order valence-corrected chi connectivity index (χ4v) is 4.16. The highest BCUT2D eigenvalue weighted by Crippen LogP contribution is 2.33. The van der Waals surface area contributed by atoms with Crippen molar-refractivity contribution < 1.29 is 4.74 Å². The molecule has 1 aliphatic carbocycles. The summed E-state index contributed by atoms with van der Waals surface area (Å²) in [6, 6.07) is 0.770. The van der Waals surface area contributed by atoms with Crippen LogP contribution in [0.5, 0.6) is 0 Å². The van der Waals surface area contributed by atoms with Crippen LogP contribution in [-0.2, 0) is 4.74 Å². The Morgan fingerprint density at radius 1 is 1.22 bits per heavy atom. The van der Waals surface area contributed by atoms with Gasteiger partial charge in [-0.2, -0.15) is 0 Å². The van der Waals surface area contributed by atoms with Crippen LogP contribution in [0.1, 0.15) is 51.9 Å². The van der Waals surface area contributed by atoms with Gasteiger partial charge >= 0.3 is 0 Å². The smallest absolute Gasteiger partial charge is 0.0561 e. The van der Waals surface area contributed by atoms with E-state index in [1.165, 1.54) is 64.6 Å². The lowest BCUT2D eigenvalue weighted by Crippen LogP contribution is -2.52. The van der Waals surface area contributed by atoms with Gasteiger partial charge in [0.25, 0.3) is 0 Å². The maximum atomic E-state index is 5.70. The predicted molar refractivity (Wildman–Crippen MR) is 73.8 cm³/mol. The van der Waals surface area contributed by atoms with Crippen molar-refractivity contribution in [3.8, 4) is 0 Å². The van der Waals surface area contributed by atoms with Crippen LogP contribution in [0.25, 0.3) is 0 Å². The molecule has 3 aliphatic rings. The quantitative estimate of drug-likeness (QED) is 0.774. The number of rotatable bonds is 1. The molecule has 3 rings (SSSR count). The molecule has 2 unspecified atom stereocenters. The number of nitrogens with one attached hydrogen (secondary N) is 1. The Balaban J connectivity index is 1.66. The lowest BCUT2D eigenvalue weighted by atomic mass is 9.94. The summed E-state index contributed by atoms with van der Waals surface area (Å²) in [5, 5.41) is 3.86. The van der Waals surface area contributed by atoms with Crippen LogP contribution >= 0.6 is 0 Å². The van der Waals surface area contributed by atoms with Crippen LogP contribution in [0.4, 0.5) is 0 Å². The summed E-state index contributed by atoms with van der Waals surface area (Å²) >= 11 is 0. The van der Waals surface area contributed by atoms with Gasteiger partial charge in [-0.05, 0) is 52.1 Å². The van der Waals surface area contributed by atoms with Gasteiger partial charge in [0, 0.05) is 24.7 Å². The van der Waals surface area contributed by atoms with Crippen molar-refractivity contribution >= 4 is 0 Å². The van der Waals surface area contributed by atoms with Crippen molar-refractivity contribution in [3.63, 3.8) is 0 Å². The zero-order valence-corrected chi connectivity index (χ0v) is 11.8. The normalized spacial score (nSPS) is 37.8. The van der Waals surface area contributed by atoms with Gasteiger partial charge < -0.3 is 10.1 Å². The molecule has 3 fully saturated rings. The first-order valence-electron chi connectivity index (χ1n) is 7.88. The molecule has 3 nitrogen and oxygen atoms in total. The Morgan fingerprint density at radius 2 is 2.06 bits per heavy atom. The third kappa shape index (κ3) is 2.73. The molecule has 18 heavy (non-hydrogen) atoms.